The third kappa shape index (κ3) is 1.81. The minimum Gasteiger partial charge on any atom is -0.257 e. The van der Waals surface area contributed by atoms with Crippen molar-refractivity contribution in [3.8, 4) is 0 Å². The maximum absolute atomic E-state index is 11.4. The Bertz CT molecular complexity index is 364. The van der Waals surface area contributed by atoms with Gasteiger partial charge < -0.3 is 0 Å². The van der Waals surface area contributed by atoms with Gasteiger partial charge in [-0.3, -0.25) is 9.13 Å². The molecule has 2 aromatic heterocycles. The Balaban J connectivity index is 0.000000461. The summed E-state index contributed by atoms with van der Waals surface area (Å²) in [6.07, 6.45) is 9.17. The predicted octanol–water partition coefficient (Wildman–Crippen LogP) is 0.626. The van der Waals surface area contributed by atoms with Crippen LogP contribution in [0.25, 0.3) is 0 Å². The standard InChI is InChI=1S/C7H6N4O.N2/c12-7(10-3-1-8-5-10)11-4-2-9-6-11;1-2/h1-6H;. The molecule has 0 unspecified atom stereocenters. The van der Waals surface area contributed by atoms with Crippen LogP contribution in [0.2, 0.25) is 0 Å². The molecule has 0 aromatic carbocycles. The van der Waals surface area contributed by atoms with Crippen LogP contribution in [0.3, 0.4) is 0 Å². The maximum atomic E-state index is 11.4. The van der Waals surface area contributed by atoms with Crippen molar-refractivity contribution in [1.29, 1.82) is 10.8 Å². The van der Waals surface area contributed by atoms with Gasteiger partial charge in [-0.1, -0.05) is 0 Å². The lowest BCUT2D eigenvalue weighted by molar-refractivity contribution is 0.244. The molecule has 7 heteroatoms. The molecular weight excluding hydrogens is 184 g/mol. The number of carbonyl (C=O) groups is 1. The molecule has 0 saturated carbocycles. The predicted molar refractivity (Wildman–Crippen MR) is 44.1 cm³/mol. The van der Waals surface area contributed by atoms with E-state index in [-0.39, 0.29) is 6.03 Å². The monoisotopic (exact) mass is 190 g/mol. The zero-order chi connectivity index (χ0) is 10.4. The molecule has 0 aliphatic rings. The lowest BCUT2D eigenvalue weighted by Gasteiger charge is -1.98. The summed E-state index contributed by atoms with van der Waals surface area (Å²) in [5.41, 5.74) is 0. The van der Waals surface area contributed by atoms with Crippen molar-refractivity contribution in [3.63, 3.8) is 0 Å². The average Bonchev–Trinajstić information content (AvgIpc) is 2.93. The highest BCUT2D eigenvalue weighted by molar-refractivity contribution is 5.78. The minimum absolute atomic E-state index is 0.190. The van der Waals surface area contributed by atoms with E-state index in [0.717, 1.165) is 0 Å². The number of nitrogens with zero attached hydrogens (tertiary/aromatic N) is 6. The largest absolute Gasteiger partial charge is 0.338 e. The summed E-state index contributed by atoms with van der Waals surface area (Å²) in [5, 5.41) is 12.0. The van der Waals surface area contributed by atoms with Gasteiger partial charge in [0.15, 0.2) is 0 Å². The number of aromatic nitrogens is 4. The molecule has 2 heterocycles. The van der Waals surface area contributed by atoms with Gasteiger partial charge in [0.05, 0.1) is 0 Å². The van der Waals surface area contributed by atoms with E-state index in [1.165, 1.54) is 21.8 Å². The average molecular weight is 190 g/mol. The van der Waals surface area contributed by atoms with Crippen molar-refractivity contribution in [2.24, 2.45) is 0 Å². The molecule has 0 aliphatic heterocycles. The first kappa shape index (κ1) is 9.60. The second-order valence-electron chi connectivity index (χ2n) is 2.22. The molecule has 0 aliphatic carbocycles. The quantitative estimate of drug-likeness (QED) is 0.567. The molecule has 2 aromatic rings. The molecule has 0 spiro atoms. The van der Waals surface area contributed by atoms with Crippen molar-refractivity contribution in [1.82, 2.24) is 19.1 Å². The Kier molecular flexibility index (Phi) is 3.09. The van der Waals surface area contributed by atoms with Crippen LogP contribution < -0.4 is 0 Å². The van der Waals surface area contributed by atoms with Crippen molar-refractivity contribution in [3.05, 3.63) is 37.4 Å². The smallest absolute Gasteiger partial charge is 0.257 e. The first-order valence-electron chi connectivity index (χ1n) is 3.58. The lowest BCUT2D eigenvalue weighted by atomic mass is 10.8. The molecule has 0 fully saturated rings. The fraction of sp³-hybridized carbons (Fsp3) is 0. The number of rotatable bonds is 0. The topological polar surface area (TPSA) is 100 Å². The highest BCUT2D eigenvalue weighted by atomic mass is 16.2. The fourth-order valence-corrected chi connectivity index (χ4v) is 0.878. The molecule has 0 amide bonds. The number of hydrogen-bond acceptors (Lipinski definition) is 5. The van der Waals surface area contributed by atoms with Crippen molar-refractivity contribution in [2.45, 2.75) is 0 Å². The second kappa shape index (κ2) is 4.51. The zero-order valence-corrected chi connectivity index (χ0v) is 7.06. The Morgan fingerprint density at radius 2 is 1.43 bits per heavy atom. The summed E-state index contributed by atoms with van der Waals surface area (Å²) < 4.78 is 2.75. The van der Waals surface area contributed by atoms with E-state index in [1.54, 1.807) is 24.8 Å². The summed E-state index contributed by atoms with van der Waals surface area (Å²) in [6.45, 7) is 0. The van der Waals surface area contributed by atoms with E-state index in [1.807, 2.05) is 0 Å². The summed E-state index contributed by atoms with van der Waals surface area (Å²) in [5.74, 6) is 0. The third-order valence-corrected chi connectivity index (χ3v) is 1.45. The molecule has 2 rings (SSSR count). The van der Waals surface area contributed by atoms with E-state index in [2.05, 4.69) is 9.97 Å². The molecule has 7 nitrogen and oxygen atoms in total. The Hall–Kier alpha value is -2.49. The molecule has 0 atom stereocenters. The SMILES string of the molecule is N#N.O=C(n1ccnc1)n1ccnc1. The van der Waals surface area contributed by atoms with Crippen molar-refractivity contribution >= 4 is 6.03 Å². The van der Waals surface area contributed by atoms with Crippen LogP contribution in [0.5, 0.6) is 0 Å². The Morgan fingerprint density at radius 1 is 1.00 bits per heavy atom. The molecule has 14 heavy (non-hydrogen) atoms. The van der Waals surface area contributed by atoms with Gasteiger partial charge >= 0.3 is 6.03 Å². The van der Waals surface area contributed by atoms with Crippen LogP contribution in [0.1, 0.15) is 0 Å². The molecule has 0 bridgehead atoms. The van der Waals surface area contributed by atoms with E-state index in [9.17, 15) is 4.79 Å². The molecule has 0 saturated heterocycles. The van der Waals surface area contributed by atoms with Gasteiger partial charge in [0.25, 0.3) is 0 Å². The molecule has 0 N–H and O–H groups in total. The van der Waals surface area contributed by atoms with Gasteiger partial charge in [-0.05, 0) is 0 Å². The van der Waals surface area contributed by atoms with Gasteiger partial charge in [-0.2, -0.15) is 0 Å². The fourth-order valence-electron chi connectivity index (χ4n) is 0.878. The highest BCUT2D eigenvalue weighted by Crippen LogP contribution is 1.91. The number of carbonyl (C=O) groups excluding carboxylic acids is 1. The van der Waals surface area contributed by atoms with Crippen LogP contribution in [-0.4, -0.2) is 25.1 Å². The Labute approximate surface area is 79.0 Å². The van der Waals surface area contributed by atoms with Crippen LogP contribution in [0, 0.1) is 10.8 Å². The minimum atomic E-state index is -0.190. The normalized spacial score (nSPS) is 8.71. The van der Waals surface area contributed by atoms with Gasteiger partial charge in [-0.15, -0.1) is 0 Å². The first-order chi connectivity index (χ1) is 6.88. The van der Waals surface area contributed by atoms with Gasteiger partial charge in [-0.25, -0.2) is 14.8 Å². The van der Waals surface area contributed by atoms with Crippen molar-refractivity contribution in [2.75, 3.05) is 0 Å². The van der Waals surface area contributed by atoms with E-state index < -0.39 is 0 Å². The van der Waals surface area contributed by atoms with E-state index in [4.69, 9.17) is 10.8 Å². The zero-order valence-electron chi connectivity index (χ0n) is 7.06. The molecule has 0 radical (unpaired) electrons. The van der Waals surface area contributed by atoms with Crippen molar-refractivity contribution < 1.29 is 4.79 Å². The van der Waals surface area contributed by atoms with E-state index in [0.29, 0.717) is 0 Å². The van der Waals surface area contributed by atoms with Crippen LogP contribution >= 0.6 is 0 Å². The molecular formula is C7H6N6O. The summed E-state index contributed by atoms with van der Waals surface area (Å²) in [7, 11) is 0. The van der Waals surface area contributed by atoms with Gasteiger partial charge in [0.1, 0.15) is 12.7 Å². The number of imidazole rings is 2. The third-order valence-electron chi connectivity index (χ3n) is 1.45. The second-order valence-corrected chi connectivity index (χ2v) is 2.22. The van der Waals surface area contributed by atoms with Crippen LogP contribution in [0.4, 0.5) is 4.79 Å². The maximum Gasteiger partial charge on any atom is 0.338 e. The van der Waals surface area contributed by atoms with Gasteiger partial charge in [0.2, 0.25) is 0 Å². The number of hydrogen-bond donors (Lipinski definition) is 0. The van der Waals surface area contributed by atoms with E-state index >= 15 is 0 Å². The summed E-state index contributed by atoms with van der Waals surface area (Å²) >= 11 is 0. The first-order valence-corrected chi connectivity index (χ1v) is 3.58. The lowest BCUT2D eigenvalue weighted by Crippen LogP contribution is -2.15. The summed E-state index contributed by atoms with van der Waals surface area (Å²) in [4.78, 5) is 18.9. The Morgan fingerprint density at radius 3 is 1.71 bits per heavy atom. The summed E-state index contributed by atoms with van der Waals surface area (Å²) in [6, 6.07) is -0.190. The van der Waals surface area contributed by atoms with Crippen LogP contribution in [-0.2, 0) is 0 Å². The highest BCUT2D eigenvalue weighted by Gasteiger charge is 2.03. The van der Waals surface area contributed by atoms with Crippen LogP contribution in [0.15, 0.2) is 37.4 Å². The van der Waals surface area contributed by atoms with Gasteiger partial charge in [0, 0.05) is 35.6 Å². The molecule has 70 valence electrons.